The standard InChI is InChI=1S/C36H45ClN2O6S2/c1-26(35(2,3)29-12-6-8-14-31(29)38-22-10-24-46(40,41)42)16-17-27-18-19-28(34(27)37)20-21-33-36(4,5)30-13-7-9-15-32(30)39(33)23-11-25-47(43,44)45/h6-9,12-17,20-21,38H,1,10-11,18-19,22-25H2,2-5H3,(H,40,41,42)(H,43,44,45). The summed E-state index contributed by atoms with van der Waals surface area (Å²) in [5.41, 5.74) is 7.28. The van der Waals surface area contributed by atoms with Crippen LogP contribution in [0.15, 0.2) is 107 Å². The molecule has 2 aromatic rings. The van der Waals surface area contributed by atoms with Crippen LogP contribution in [0.4, 0.5) is 11.4 Å². The molecule has 0 aromatic heterocycles. The molecule has 0 unspecified atom stereocenters. The molecule has 1 aliphatic heterocycles. The van der Waals surface area contributed by atoms with Gasteiger partial charge in [0.2, 0.25) is 0 Å². The first-order chi connectivity index (χ1) is 21.9. The van der Waals surface area contributed by atoms with Crippen molar-refractivity contribution >= 4 is 43.2 Å². The minimum atomic E-state index is -4.05. The van der Waals surface area contributed by atoms with Gasteiger partial charge in [-0.2, -0.15) is 16.8 Å². The first-order valence-electron chi connectivity index (χ1n) is 15.7. The average Bonchev–Trinajstić information content (AvgIpc) is 3.44. The lowest BCUT2D eigenvalue weighted by molar-refractivity contribution is 0.479. The number of para-hydroxylation sites is 2. The van der Waals surface area contributed by atoms with Crippen molar-refractivity contribution in [2.45, 2.75) is 64.2 Å². The van der Waals surface area contributed by atoms with Gasteiger partial charge in [0.15, 0.2) is 0 Å². The second-order valence-electron chi connectivity index (χ2n) is 13.1. The van der Waals surface area contributed by atoms with Crippen LogP contribution in [-0.2, 0) is 31.1 Å². The maximum atomic E-state index is 11.4. The fourth-order valence-electron chi connectivity index (χ4n) is 6.22. The maximum absolute atomic E-state index is 11.4. The Balaban J connectivity index is 1.52. The highest BCUT2D eigenvalue weighted by Crippen LogP contribution is 2.48. The molecule has 254 valence electrons. The van der Waals surface area contributed by atoms with Gasteiger partial charge in [-0.15, -0.1) is 0 Å². The van der Waals surface area contributed by atoms with E-state index < -0.39 is 25.7 Å². The van der Waals surface area contributed by atoms with Gasteiger partial charge in [-0.3, -0.25) is 9.11 Å². The Bertz CT molecular complexity index is 1850. The van der Waals surface area contributed by atoms with Gasteiger partial charge in [0.05, 0.1) is 11.5 Å². The van der Waals surface area contributed by atoms with E-state index in [4.69, 9.17) is 16.2 Å². The molecule has 0 atom stereocenters. The minimum absolute atomic E-state index is 0.282. The normalized spacial score (nSPS) is 18.5. The van der Waals surface area contributed by atoms with Crippen molar-refractivity contribution < 1.29 is 25.9 Å². The fourth-order valence-corrected chi connectivity index (χ4v) is 7.53. The predicted molar refractivity (Wildman–Crippen MR) is 193 cm³/mol. The summed E-state index contributed by atoms with van der Waals surface area (Å²) < 4.78 is 63.3. The van der Waals surface area contributed by atoms with Gasteiger partial charge >= 0.3 is 0 Å². The zero-order valence-corrected chi connectivity index (χ0v) is 29.9. The number of anilines is 2. The van der Waals surface area contributed by atoms with Crippen LogP contribution < -0.4 is 10.2 Å². The highest BCUT2D eigenvalue weighted by Gasteiger charge is 2.39. The van der Waals surface area contributed by atoms with E-state index in [1.807, 2.05) is 54.6 Å². The molecular weight excluding hydrogens is 656 g/mol. The van der Waals surface area contributed by atoms with Crippen LogP contribution in [0.25, 0.3) is 0 Å². The lowest BCUT2D eigenvalue weighted by Gasteiger charge is -2.29. The van der Waals surface area contributed by atoms with Gasteiger partial charge in [0.1, 0.15) is 0 Å². The predicted octanol–water partition coefficient (Wildman–Crippen LogP) is 7.94. The maximum Gasteiger partial charge on any atom is 0.264 e. The van der Waals surface area contributed by atoms with Crippen molar-refractivity contribution in [2.75, 3.05) is 34.8 Å². The Morgan fingerprint density at radius 1 is 0.979 bits per heavy atom. The smallest absolute Gasteiger partial charge is 0.264 e. The van der Waals surface area contributed by atoms with Crippen molar-refractivity contribution in [1.29, 1.82) is 0 Å². The molecule has 8 nitrogen and oxygen atoms in total. The summed E-state index contributed by atoms with van der Waals surface area (Å²) in [7, 11) is -8.05. The number of halogens is 1. The lowest BCUT2D eigenvalue weighted by atomic mass is 9.77. The van der Waals surface area contributed by atoms with E-state index in [9.17, 15) is 21.4 Å². The summed E-state index contributed by atoms with van der Waals surface area (Å²) in [6.45, 7) is 13.7. The zero-order valence-electron chi connectivity index (χ0n) is 27.5. The Labute approximate surface area is 285 Å². The van der Waals surface area contributed by atoms with Crippen LogP contribution in [-0.4, -0.2) is 50.5 Å². The van der Waals surface area contributed by atoms with Gasteiger partial charge in [0.25, 0.3) is 20.2 Å². The molecular formula is C36H45ClN2O6S2. The summed E-state index contributed by atoms with van der Waals surface area (Å²) in [5, 5.41) is 4.01. The first kappa shape index (κ1) is 36.7. The molecule has 47 heavy (non-hydrogen) atoms. The van der Waals surface area contributed by atoms with Gasteiger partial charge in [0, 0.05) is 46.0 Å². The number of nitrogens with zero attached hydrogens (tertiary/aromatic N) is 1. The molecule has 4 rings (SSSR count). The monoisotopic (exact) mass is 700 g/mol. The lowest BCUT2D eigenvalue weighted by Crippen LogP contribution is -2.28. The summed E-state index contributed by atoms with van der Waals surface area (Å²) in [5.74, 6) is -0.600. The van der Waals surface area contributed by atoms with Gasteiger partial charge < -0.3 is 10.2 Å². The minimum Gasteiger partial charge on any atom is -0.385 e. The molecule has 2 aliphatic rings. The number of allylic oxidation sites excluding steroid dienone is 9. The van der Waals surface area contributed by atoms with Crippen LogP contribution in [0.5, 0.6) is 0 Å². The van der Waals surface area contributed by atoms with Crippen LogP contribution in [0.2, 0.25) is 0 Å². The quantitative estimate of drug-likeness (QED) is 0.103. The van der Waals surface area contributed by atoms with Crippen LogP contribution in [0, 0.1) is 0 Å². The van der Waals surface area contributed by atoms with E-state index in [0.29, 0.717) is 24.5 Å². The Kier molecular flexibility index (Phi) is 11.3. The molecule has 0 amide bonds. The van der Waals surface area contributed by atoms with Crippen molar-refractivity contribution in [2.24, 2.45) is 0 Å². The molecule has 11 heteroatoms. The molecule has 0 spiro atoms. The molecule has 0 radical (unpaired) electrons. The molecule has 1 heterocycles. The molecule has 2 aromatic carbocycles. The number of hydrogen-bond donors (Lipinski definition) is 3. The number of hydrogen-bond acceptors (Lipinski definition) is 6. The molecule has 0 fully saturated rings. The summed E-state index contributed by atoms with van der Waals surface area (Å²) in [6, 6.07) is 16.0. The molecule has 1 aliphatic carbocycles. The average molecular weight is 701 g/mol. The topological polar surface area (TPSA) is 124 Å². The van der Waals surface area contributed by atoms with E-state index in [0.717, 1.165) is 57.8 Å². The molecule has 0 saturated carbocycles. The van der Waals surface area contributed by atoms with Crippen molar-refractivity contribution in [1.82, 2.24) is 0 Å². The Morgan fingerprint density at radius 3 is 2.32 bits per heavy atom. The van der Waals surface area contributed by atoms with E-state index >= 15 is 0 Å². The number of fused-ring (bicyclic) bond motifs is 1. The first-order valence-corrected chi connectivity index (χ1v) is 19.3. The highest BCUT2D eigenvalue weighted by molar-refractivity contribution is 7.86. The molecule has 0 bridgehead atoms. The summed E-state index contributed by atoms with van der Waals surface area (Å²) in [6.07, 6.45) is 10.3. The third-order valence-corrected chi connectivity index (χ3v) is 11.1. The highest BCUT2D eigenvalue weighted by atomic mass is 35.5. The Hall–Kier alpha value is -3.15. The third kappa shape index (κ3) is 9.06. The van der Waals surface area contributed by atoms with Crippen LogP contribution >= 0.6 is 11.6 Å². The Morgan fingerprint density at radius 2 is 1.62 bits per heavy atom. The van der Waals surface area contributed by atoms with E-state index in [2.05, 4.69) is 62.7 Å². The number of nitrogens with one attached hydrogen (secondary N) is 1. The van der Waals surface area contributed by atoms with Gasteiger partial charge in [-0.25, -0.2) is 0 Å². The van der Waals surface area contributed by atoms with Gasteiger partial charge in [-0.05, 0) is 71.7 Å². The molecule has 3 N–H and O–H groups in total. The fraction of sp³-hybridized carbons (Fsp3) is 0.389. The zero-order chi connectivity index (χ0) is 34.6. The van der Waals surface area contributed by atoms with E-state index in [-0.39, 0.29) is 23.3 Å². The van der Waals surface area contributed by atoms with Crippen LogP contribution in [0.3, 0.4) is 0 Å². The van der Waals surface area contributed by atoms with Crippen molar-refractivity contribution in [3.05, 3.63) is 118 Å². The summed E-state index contributed by atoms with van der Waals surface area (Å²) >= 11 is 6.93. The van der Waals surface area contributed by atoms with E-state index in [1.54, 1.807) is 0 Å². The number of benzene rings is 2. The SMILES string of the molecule is C=C(C=CC1=C(Cl)C(=CC=C2N(CCCS(=O)(=O)O)c3ccccc3C2(C)C)CC1)C(C)(C)c1ccccc1NCCCS(=O)(=O)O. The van der Waals surface area contributed by atoms with E-state index in [1.165, 1.54) is 0 Å². The number of rotatable bonds is 14. The summed E-state index contributed by atoms with van der Waals surface area (Å²) in [4.78, 5) is 2.14. The second kappa shape index (κ2) is 14.5. The largest absolute Gasteiger partial charge is 0.385 e. The van der Waals surface area contributed by atoms with Gasteiger partial charge in [-0.1, -0.05) is 101 Å². The second-order valence-corrected chi connectivity index (χ2v) is 16.6. The molecule has 0 saturated heterocycles. The van der Waals surface area contributed by atoms with Crippen LogP contribution in [0.1, 0.15) is 64.5 Å². The van der Waals surface area contributed by atoms with Crippen molar-refractivity contribution in [3.63, 3.8) is 0 Å². The third-order valence-electron chi connectivity index (χ3n) is 9.04. The van der Waals surface area contributed by atoms with Crippen molar-refractivity contribution in [3.8, 4) is 0 Å².